The largest absolute Gasteiger partial charge is 0.444 e. The molecule has 0 fully saturated rings. The van der Waals surface area contributed by atoms with Gasteiger partial charge in [-0.05, 0) is 83.2 Å². The number of nitrogens with zero attached hydrogens (tertiary/aromatic N) is 1. The minimum Gasteiger partial charge on any atom is -0.444 e. The van der Waals surface area contributed by atoms with Gasteiger partial charge in [0.25, 0.3) is 5.91 Å². The van der Waals surface area contributed by atoms with Gasteiger partial charge in [0.15, 0.2) is 0 Å². The van der Waals surface area contributed by atoms with Crippen LogP contribution in [0.15, 0.2) is 42.5 Å². The molecule has 2 aromatic carbocycles. The van der Waals surface area contributed by atoms with Gasteiger partial charge >= 0.3 is 6.09 Å². The number of rotatable bonds is 9. The molecule has 3 atom stereocenters. The van der Waals surface area contributed by atoms with Crippen LogP contribution >= 0.6 is 12.6 Å². The molecule has 0 aromatic heterocycles. The van der Waals surface area contributed by atoms with Gasteiger partial charge in [0.2, 0.25) is 5.91 Å². The lowest BCUT2D eigenvalue weighted by Gasteiger charge is -2.38. The third-order valence-corrected chi connectivity index (χ3v) is 6.63. The number of anilines is 1. The number of amides is 3. The van der Waals surface area contributed by atoms with Crippen LogP contribution in [0.3, 0.4) is 0 Å². The molecule has 202 valence electrons. The Labute approximate surface area is 226 Å². The molecular formula is C29H41N3O4S. The van der Waals surface area contributed by atoms with Gasteiger partial charge in [-0.25, -0.2) is 4.79 Å². The molecule has 0 heterocycles. The second-order valence-corrected chi connectivity index (χ2v) is 10.8. The van der Waals surface area contributed by atoms with Crippen molar-refractivity contribution in [3.8, 4) is 0 Å². The minimum absolute atomic E-state index is 0.0457. The topological polar surface area (TPSA) is 87.7 Å². The standard InChI is InChI=1S/C29H41N3O4S/c1-9-21(5)32(27(34)24(17-37)31-28(35)36-29(6,7)8)25(22-15-14-18(2)20(4)16-22)26(33)30-23-13-11-10-12-19(23)3/h10-16,21,24-25,37H,9,17H2,1-8H3,(H,30,33)(H,31,35). The molecule has 37 heavy (non-hydrogen) atoms. The SMILES string of the molecule is CCC(C)N(C(=O)C(CS)NC(=O)OC(C)(C)C)C(C(=O)Nc1ccccc1C)c1ccc(C)c(C)c1. The van der Waals surface area contributed by atoms with Crippen LogP contribution in [0, 0.1) is 20.8 Å². The Morgan fingerprint density at radius 2 is 1.65 bits per heavy atom. The van der Waals surface area contributed by atoms with Crippen molar-refractivity contribution in [2.45, 2.75) is 85.5 Å². The molecule has 0 aliphatic carbocycles. The fourth-order valence-corrected chi connectivity index (χ4v) is 4.15. The number of nitrogens with one attached hydrogen (secondary N) is 2. The Kier molecular flexibility index (Phi) is 10.6. The summed E-state index contributed by atoms with van der Waals surface area (Å²) in [6.07, 6.45) is -0.104. The molecule has 0 aliphatic heterocycles. The monoisotopic (exact) mass is 527 g/mol. The van der Waals surface area contributed by atoms with Crippen LogP contribution in [0.25, 0.3) is 0 Å². The first-order valence-electron chi connectivity index (χ1n) is 12.6. The van der Waals surface area contributed by atoms with Crippen molar-refractivity contribution < 1.29 is 19.1 Å². The summed E-state index contributed by atoms with van der Waals surface area (Å²) in [5, 5.41) is 5.67. The molecule has 2 aromatic rings. The van der Waals surface area contributed by atoms with Crippen molar-refractivity contribution in [3.63, 3.8) is 0 Å². The van der Waals surface area contributed by atoms with E-state index in [1.165, 1.54) is 0 Å². The number of carbonyl (C=O) groups is 3. The van der Waals surface area contributed by atoms with E-state index in [1.807, 2.05) is 77.1 Å². The van der Waals surface area contributed by atoms with E-state index in [9.17, 15) is 14.4 Å². The highest BCUT2D eigenvalue weighted by Gasteiger charge is 2.38. The summed E-state index contributed by atoms with van der Waals surface area (Å²) in [6.45, 7) is 15.0. The Morgan fingerprint density at radius 3 is 2.19 bits per heavy atom. The first kappa shape index (κ1) is 30.2. The van der Waals surface area contributed by atoms with Crippen molar-refractivity contribution in [3.05, 3.63) is 64.7 Å². The van der Waals surface area contributed by atoms with Gasteiger partial charge in [-0.15, -0.1) is 0 Å². The first-order chi connectivity index (χ1) is 17.3. The van der Waals surface area contributed by atoms with Crippen LogP contribution in [0.2, 0.25) is 0 Å². The van der Waals surface area contributed by atoms with Gasteiger partial charge < -0.3 is 20.3 Å². The lowest BCUT2D eigenvalue weighted by atomic mass is 9.96. The minimum atomic E-state index is -0.979. The number of alkyl carbamates (subject to hydrolysis) is 1. The zero-order chi connectivity index (χ0) is 27.9. The van der Waals surface area contributed by atoms with Crippen molar-refractivity contribution in [2.75, 3.05) is 11.1 Å². The lowest BCUT2D eigenvalue weighted by Crippen LogP contribution is -2.55. The first-order valence-corrected chi connectivity index (χ1v) is 13.3. The van der Waals surface area contributed by atoms with Gasteiger partial charge in [-0.2, -0.15) is 12.6 Å². The summed E-state index contributed by atoms with van der Waals surface area (Å²) in [7, 11) is 0. The van der Waals surface area contributed by atoms with Crippen molar-refractivity contribution in [1.29, 1.82) is 0 Å². The van der Waals surface area contributed by atoms with Gasteiger partial charge in [-0.3, -0.25) is 9.59 Å². The van der Waals surface area contributed by atoms with E-state index >= 15 is 0 Å². The summed E-state index contributed by atoms with van der Waals surface area (Å²) < 4.78 is 5.37. The Bertz CT molecular complexity index is 1110. The zero-order valence-electron chi connectivity index (χ0n) is 23.2. The van der Waals surface area contributed by atoms with E-state index in [1.54, 1.807) is 25.7 Å². The molecule has 0 spiro atoms. The number of ether oxygens (including phenoxy) is 1. The summed E-state index contributed by atoms with van der Waals surface area (Å²) >= 11 is 4.35. The fraction of sp³-hybridized carbons (Fsp3) is 0.483. The van der Waals surface area contributed by atoms with Gasteiger partial charge in [-0.1, -0.05) is 43.3 Å². The maximum Gasteiger partial charge on any atom is 0.408 e. The number of hydrogen-bond acceptors (Lipinski definition) is 5. The van der Waals surface area contributed by atoms with Crippen molar-refractivity contribution in [2.24, 2.45) is 0 Å². The van der Waals surface area contributed by atoms with Gasteiger partial charge in [0.1, 0.15) is 17.7 Å². The molecule has 3 unspecified atom stereocenters. The van der Waals surface area contributed by atoms with Crippen LogP contribution in [0.4, 0.5) is 10.5 Å². The van der Waals surface area contributed by atoms with E-state index in [4.69, 9.17) is 4.74 Å². The number of benzene rings is 2. The Balaban J connectivity index is 2.55. The molecule has 0 saturated carbocycles. The smallest absolute Gasteiger partial charge is 0.408 e. The van der Waals surface area contributed by atoms with Gasteiger partial charge in [0.05, 0.1) is 0 Å². The van der Waals surface area contributed by atoms with E-state index in [0.717, 1.165) is 16.7 Å². The molecule has 0 bridgehead atoms. The fourth-order valence-electron chi connectivity index (χ4n) is 3.90. The average Bonchev–Trinajstić information content (AvgIpc) is 2.82. The number of hydrogen-bond donors (Lipinski definition) is 3. The highest BCUT2D eigenvalue weighted by molar-refractivity contribution is 7.80. The number of carbonyl (C=O) groups excluding carboxylic acids is 3. The average molecular weight is 528 g/mol. The van der Waals surface area contributed by atoms with Crippen LogP contribution in [-0.4, -0.2) is 46.2 Å². The van der Waals surface area contributed by atoms with Crippen LogP contribution < -0.4 is 10.6 Å². The van der Waals surface area contributed by atoms with Gasteiger partial charge in [0, 0.05) is 17.5 Å². The predicted octanol–water partition coefficient (Wildman–Crippen LogP) is 5.74. The Hall–Kier alpha value is -3.00. The van der Waals surface area contributed by atoms with Crippen LogP contribution in [0.1, 0.15) is 69.3 Å². The van der Waals surface area contributed by atoms with Crippen molar-refractivity contribution >= 4 is 36.2 Å². The zero-order valence-corrected chi connectivity index (χ0v) is 24.1. The summed E-state index contributed by atoms with van der Waals surface area (Å²) in [4.78, 5) is 42.0. The van der Waals surface area contributed by atoms with Crippen LogP contribution in [-0.2, 0) is 14.3 Å². The summed E-state index contributed by atoms with van der Waals surface area (Å²) in [5.74, 6) is -0.691. The maximum absolute atomic E-state index is 14.0. The second-order valence-electron chi connectivity index (χ2n) is 10.4. The summed E-state index contributed by atoms with van der Waals surface area (Å²) in [6, 6.07) is 11.1. The molecule has 8 heteroatoms. The highest BCUT2D eigenvalue weighted by Crippen LogP contribution is 2.29. The molecule has 2 N–H and O–H groups in total. The third kappa shape index (κ3) is 8.25. The molecule has 3 amide bonds. The second kappa shape index (κ2) is 13.0. The highest BCUT2D eigenvalue weighted by atomic mass is 32.1. The van der Waals surface area contributed by atoms with Crippen LogP contribution in [0.5, 0.6) is 0 Å². The maximum atomic E-state index is 14.0. The van der Waals surface area contributed by atoms with E-state index in [-0.39, 0.29) is 17.7 Å². The summed E-state index contributed by atoms with van der Waals surface area (Å²) in [5.41, 5.74) is 3.66. The lowest BCUT2D eigenvalue weighted by molar-refractivity contribution is -0.142. The van der Waals surface area contributed by atoms with E-state index in [0.29, 0.717) is 17.7 Å². The molecule has 0 aliphatic rings. The normalized spacial score (nSPS) is 13.8. The van der Waals surface area contributed by atoms with E-state index < -0.39 is 29.7 Å². The number of para-hydroxylation sites is 1. The molecule has 0 radical (unpaired) electrons. The van der Waals surface area contributed by atoms with Crippen molar-refractivity contribution in [1.82, 2.24) is 10.2 Å². The number of aryl methyl sites for hydroxylation is 3. The Morgan fingerprint density at radius 1 is 1.00 bits per heavy atom. The molecule has 2 rings (SSSR count). The van der Waals surface area contributed by atoms with E-state index in [2.05, 4.69) is 23.3 Å². The number of thiol groups is 1. The predicted molar refractivity (Wildman–Crippen MR) is 152 cm³/mol. The molecular weight excluding hydrogens is 486 g/mol. The quantitative estimate of drug-likeness (QED) is 0.363. The molecule has 0 saturated heterocycles. The molecule has 7 nitrogen and oxygen atoms in total. The third-order valence-electron chi connectivity index (χ3n) is 6.27.